The van der Waals surface area contributed by atoms with E-state index in [4.69, 9.17) is 9.47 Å². The third-order valence-corrected chi connectivity index (χ3v) is 3.52. The lowest BCUT2D eigenvalue weighted by atomic mass is 10.2. The number of aromatic nitrogens is 1. The van der Waals surface area contributed by atoms with Gasteiger partial charge in [-0.05, 0) is 11.6 Å². The summed E-state index contributed by atoms with van der Waals surface area (Å²) in [5.74, 6) is 1.42. The molecule has 0 atom stereocenters. The third-order valence-electron chi connectivity index (χ3n) is 3.52. The van der Waals surface area contributed by atoms with Crippen LogP contribution in [0.2, 0.25) is 0 Å². The molecule has 0 saturated carbocycles. The Hall–Kier alpha value is -1.86. The van der Waals surface area contributed by atoms with Gasteiger partial charge in [0.2, 0.25) is 5.88 Å². The van der Waals surface area contributed by atoms with Gasteiger partial charge in [-0.25, -0.2) is 4.98 Å². The molecule has 1 aliphatic rings. The monoisotopic (exact) mass is 307 g/mol. The molecule has 122 valence electrons. The summed E-state index contributed by atoms with van der Waals surface area (Å²) in [6.45, 7) is 6.20. The van der Waals surface area contributed by atoms with E-state index in [2.05, 4.69) is 25.5 Å². The lowest BCUT2D eigenvalue weighted by molar-refractivity contribution is 0.0389. The van der Waals surface area contributed by atoms with Crippen molar-refractivity contribution in [3.8, 4) is 5.88 Å². The lowest BCUT2D eigenvalue weighted by Crippen LogP contribution is -2.44. The molecule has 7 nitrogen and oxygen atoms in total. The minimum absolute atomic E-state index is 0.620. The molecule has 7 heteroatoms. The van der Waals surface area contributed by atoms with Crippen molar-refractivity contribution < 1.29 is 9.47 Å². The van der Waals surface area contributed by atoms with E-state index < -0.39 is 0 Å². The molecule has 0 radical (unpaired) electrons. The fraction of sp³-hybridized carbons (Fsp3) is 0.600. The molecule has 1 aliphatic heterocycles. The van der Waals surface area contributed by atoms with Crippen LogP contribution in [0.4, 0.5) is 0 Å². The number of rotatable bonds is 6. The highest BCUT2D eigenvalue weighted by Crippen LogP contribution is 2.07. The highest BCUT2D eigenvalue weighted by molar-refractivity contribution is 5.79. The number of nitrogens with zero attached hydrogens (tertiary/aromatic N) is 3. The second kappa shape index (κ2) is 9.22. The zero-order valence-corrected chi connectivity index (χ0v) is 13.3. The first-order valence-electron chi connectivity index (χ1n) is 7.55. The number of morpholine rings is 1. The predicted octanol–water partition coefficient (Wildman–Crippen LogP) is 0.0874. The van der Waals surface area contributed by atoms with E-state index >= 15 is 0 Å². The van der Waals surface area contributed by atoms with Gasteiger partial charge in [0.15, 0.2) is 5.96 Å². The molecule has 22 heavy (non-hydrogen) atoms. The average Bonchev–Trinajstić information content (AvgIpc) is 2.59. The Morgan fingerprint density at radius 3 is 2.95 bits per heavy atom. The van der Waals surface area contributed by atoms with Crippen molar-refractivity contribution in [2.45, 2.75) is 6.54 Å². The van der Waals surface area contributed by atoms with Crippen molar-refractivity contribution in [3.05, 3.63) is 23.9 Å². The molecule has 1 aromatic heterocycles. The van der Waals surface area contributed by atoms with E-state index in [0.29, 0.717) is 12.4 Å². The number of hydrogen-bond donors (Lipinski definition) is 2. The quantitative estimate of drug-likeness (QED) is 0.573. The van der Waals surface area contributed by atoms with Crippen LogP contribution < -0.4 is 15.4 Å². The Balaban J connectivity index is 1.70. The van der Waals surface area contributed by atoms with Gasteiger partial charge in [0.25, 0.3) is 0 Å². The Kier molecular flexibility index (Phi) is 6.92. The molecule has 0 aromatic carbocycles. The molecular formula is C15H25N5O2. The van der Waals surface area contributed by atoms with E-state index in [1.54, 1.807) is 20.4 Å². The number of nitrogens with one attached hydrogen (secondary N) is 2. The van der Waals surface area contributed by atoms with Gasteiger partial charge in [-0.3, -0.25) is 9.89 Å². The van der Waals surface area contributed by atoms with E-state index in [9.17, 15) is 0 Å². The molecule has 0 spiro atoms. The summed E-state index contributed by atoms with van der Waals surface area (Å²) < 4.78 is 10.5. The average molecular weight is 307 g/mol. The van der Waals surface area contributed by atoms with Crippen molar-refractivity contribution in [3.63, 3.8) is 0 Å². The lowest BCUT2D eigenvalue weighted by Gasteiger charge is -2.26. The standard InChI is InChI=1S/C15H25N5O2/c1-16-15(18-5-6-20-7-9-22-10-8-20)19-12-13-3-4-17-14(11-13)21-2/h3-4,11H,5-10,12H2,1-2H3,(H2,16,18,19). The van der Waals surface area contributed by atoms with E-state index in [0.717, 1.165) is 50.9 Å². The highest BCUT2D eigenvalue weighted by atomic mass is 16.5. The molecule has 1 aromatic rings. The topological polar surface area (TPSA) is 71.0 Å². The van der Waals surface area contributed by atoms with Crippen molar-refractivity contribution >= 4 is 5.96 Å². The number of hydrogen-bond acceptors (Lipinski definition) is 5. The van der Waals surface area contributed by atoms with E-state index in [1.807, 2.05) is 12.1 Å². The van der Waals surface area contributed by atoms with Crippen LogP contribution in [-0.2, 0) is 11.3 Å². The summed E-state index contributed by atoms with van der Waals surface area (Å²) in [7, 11) is 3.39. The minimum Gasteiger partial charge on any atom is -0.481 e. The van der Waals surface area contributed by atoms with Crippen LogP contribution >= 0.6 is 0 Å². The number of ether oxygens (including phenoxy) is 2. The molecule has 0 unspecified atom stereocenters. The maximum atomic E-state index is 5.34. The van der Waals surface area contributed by atoms with Gasteiger partial charge in [0.05, 0.1) is 20.3 Å². The molecule has 1 fully saturated rings. The van der Waals surface area contributed by atoms with Crippen LogP contribution in [0, 0.1) is 0 Å². The van der Waals surface area contributed by atoms with Gasteiger partial charge in [0.1, 0.15) is 0 Å². The normalized spacial score (nSPS) is 16.4. The van der Waals surface area contributed by atoms with E-state index in [1.165, 1.54) is 0 Å². The molecule has 2 N–H and O–H groups in total. The van der Waals surface area contributed by atoms with Crippen molar-refractivity contribution in [2.24, 2.45) is 4.99 Å². The molecule has 1 saturated heterocycles. The van der Waals surface area contributed by atoms with Gasteiger partial charge >= 0.3 is 0 Å². The zero-order valence-electron chi connectivity index (χ0n) is 13.3. The smallest absolute Gasteiger partial charge is 0.213 e. The summed E-state index contributed by atoms with van der Waals surface area (Å²) in [5, 5.41) is 6.61. The van der Waals surface area contributed by atoms with Crippen LogP contribution in [0.5, 0.6) is 5.88 Å². The van der Waals surface area contributed by atoms with Crippen molar-refractivity contribution in [2.75, 3.05) is 53.6 Å². The molecule has 2 heterocycles. The van der Waals surface area contributed by atoms with Crippen LogP contribution in [0.25, 0.3) is 0 Å². The van der Waals surface area contributed by atoms with Crippen LogP contribution in [0.1, 0.15) is 5.56 Å². The summed E-state index contributed by atoms with van der Waals surface area (Å²) in [6.07, 6.45) is 1.74. The molecular weight excluding hydrogens is 282 g/mol. The van der Waals surface area contributed by atoms with Crippen LogP contribution in [-0.4, -0.2) is 69.4 Å². The number of aliphatic imine (C=N–C) groups is 1. The fourth-order valence-corrected chi connectivity index (χ4v) is 2.24. The second-order valence-electron chi connectivity index (χ2n) is 5.01. The maximum absolute atomic E-state index is 5.34. The van der Waals surface area contributed by atoms with Gasteiger partial charge in [-0.15, -0.1) is 0 Å². The summed E-state index contributed by atoms with van der Waals surface area (Å²) in [4.78, 5) is 10.7. The molecule has 0 aliphatic carbocycles. The van der Waals surface area contributed by atoms with Crippen LogP contribution in [0.15, 0.2) is 23.3 Å². The SMILES string of the molecule is CN=C(NCCN1CCOCC1)NCc1ccnc(OC)c1. The molecule has 0 bridgehead atoms. The Bertz CT molecular complexity index is 475. The largest absolute Gasteiger partial charge is 0.481 e. The Morgan fingerprint density at radius 1 is 1.41 bits per heavy atom. The zero-order chi connectivity index (χ0) is 15.6. The highest BCUT2D eigenvalue weighted by Gasteiger charge is 2.09. The predicted molar refractivity (Wildman–Crippen MR) is 86.2 cm³/mol. The second-order valence-corrected chi connectivity index (χ2v) is 5.01. The Labute approximate surface area is 131 Å². The summed E-state index contributed by atoms with van der Waals surface area (Å²) >= 11 is 0. The van der Waals surface area contributed by atoms with Gasteiger partial charge < -0.3 is 20.1 Å². The molecule has 2 rings (SSSR count). The minimum atomic E-state index is 0.620. The summed E-state index contributed by atoms with van der Waals surface area (Å²) in [6, 6.07) is 3.87. The number of guanidine groups is 1. The third kappa shape index (κ3) is 5.50. The van der Waals surface area contributed by atoms with Gasteiger partial charge in [-0.2, -0.15) is 0 Å². The van der Waals surface area contributed by atoms with Gasteiger partial charge in [-0.1, -0.05) is 0 Å². The van der Waals surface area contributed by atoms with Crippen molar-refractivity contribution in [1.29, 1.82) is 0 Å². The van der Waals surface area contributed by atoms with Crippen molar-refractivity contribution in [1.82, 2.24) is 20.5 Å². The number of methoxy groups -OCH3 is 1. The first-order chi connectivity index (χ1) is 10.8. The first-order valence-corrected chi connectivity index (χ1v) is 7.55. The van der Waals surface area contributed by atoms with Gasteiger partial charge in [0, 0.05) is 52.0 Å². The fourth-order valence-electron chi connectivity index (χ4n) is 2.24. The first kappa shape index (κ1) is 16.5. The Morgan fingerprint density at radius 2 is 2.23 bits per heavy atom. The summed E-state index contributed by atoms with van der Waals surface area (Å²) in [5.41, 5.74) is 1.10. The maximum Gasteiger partial charge on any atom is 0.213 e. The number of pyridine rings is 1. The van der Waals surface area contributed by atoms with Crippen LogP contribution in [0.3, 0.4) is 0 Å². The van der Waals surface area contributed by atoms with E-state index in [-0.39, 0.29) is 0 Å². The molecule has 0 amide bonds.